The lowest BCUT2D eigenvalue weighted by Crippen LogP contribution is -2.11. The maximum atomic E-state index is 13.9. The molecule has 9 rings (SSSR count). The highest BCUT2D eigenvalue weighted by Crippen LogP contribution is 2.43. The predicted octanol–water partition coefficient (Wildman–Crippen LogP) is 12.1. The Morgan fingerprint density at radius 3 is 1.89 bits per heavy atom. The molecule has 8 aromatic carbocycles. The minimum atomic E-state index is -4.17. The normalized spacial score (nSPS) is 11.6. The quantitative estimate of drug-likeness (QED) is 0.148. The molecule has 0 spiro atoms. The molecule has 6 heteroatoms. The topological polar surface area (TPSA) is 51.5 Å². The highest BCUT2D eigenvalue weighted by molar-refractivity contribution is 7.87. The maximum Gasteiger partial charge on any atom is 0.339 e. The summed E-state index contributed by atoms with van der Waals surface area (Å²) in [7, 11) is -4.17. The summed E-state index contributed by atoms with van der Waals surface area (Å²) in [6.45, 7) is 1.92. The van der Waals surface area contributed by atoms with Gasteiger partial charge in [-0.25, -0.2) is 0 Å². The van der Waals surface area contributed by atoms with Crippen molar-refractivity contribution in [1.82, 2.24) is 4.57 Å². The van der Waals surface area contributed by atoms with Crippen molar-refractivity contribution >= 4 is 59.8 Å². The van der Waals surface area contributed by atoms with Gasteiger partial charge in [-0.05, 0) is 96.1 Å². The van der Waals surface area contributed by atoms with Crippen molar-refractivity contribution in [1.29, 1.82) is 0 Å². The first kappa shape index (κ1) is 32.3. The minimum Gasteiger partial charge on any atom is -0.378 e. The molecule has 0 aliphatic heterocycles. The zero-order chi connectivity index (χ0) is 35.9. The Kier molecular flexibility index (Phi) is 8.02. The summed E-state index contributed by atoms with van der Waals surface area (Å²) in [5.74, 6) is 0.250. The number of nitrogens with zero attached hydrogens (tertiary/aromatic N) is 2. The molecule has 0 aliphatic rings. The van der Waals surface area contributed by atoms with Crippen molar-refractivity contribution < 1.29 is 12.6 Å². The monoisotopic (exact) mass is 706 g/mol. The van der Waals surface area contributed by atoms with E-state index in [0.29, 0.717) is 5.56 Å². The fourth-order valence-corrected chi connectivity index (χ4v) is 8.09. The molecule has 1 aromatic heterocycles. The van der Waals surface area contributed by atoms with Crippen LogP contribution in [0.5, 0.6) is 5.75 Å². The second-order valence-electron chi connectivity index (χ2n) is 13.2. The van der Waals surface area contributed by atoms with Crippen LogP contribution in [0, 0.1) is 6.92 Å². The second kappa shape index (κ2) is 13.2. The lowest BCUT2D eigenvalue weighted by molar-refractivity contribution is 0.487. The Balaban J connectivity index is 1.22. The maximum absolute atomic E-state index is 13.9. The molecule has 0 fully saturated rings. The van der Waals surface area contributed by atoms with Gasteiger partial charge in [-0.1, -0.05) is 115 Å². The molecule has 0 bridgehead atoms. The number of aromatic nitrogens is 1. The van der Waals surface area contributed by atoms with Gasteiger partial charge in [0.05, 0.1) is 11.0 Å². The Morgan fingerprint density at radius 1 is 0.509 bits per heavy atom. The molecular weight excluding hydrogens is 673 g/mol. The third-order valence-corrected chi connectivity index (χ3v) is 11.0. The van der Waals surface area contributed by atoms with Gasteiger partial charge >= 0.3 is 10.1 Å². The lowest BCUT2D eigenvalue weighted by atomic mass is 10.0. The van der Waals surface area contributed by atoms with Crippen molar-refractivity contribution in [3.05, 3.63) is 194 Å². The van der Waals surface area contributed by atoms with Crippen LogP contribution >= 0.6 is 0 Å². The predicted molar refractivity (Wildman–Crippen MR) is 217 cm³/mol. The second-order valence-corrected chi connectivity index (χ2v) is 14.7. The molecule has 0 saturated heterocycles. The molecule has 9 aromatic rings. The molecule has 256 valence electrons. The summed E-state index contributed by atoms with van der Waals surface area (Å²) in [4.78, 5) is 2.33. The lowest BCUT2D eigenvalue weighted by Gasteiger charge is -2.26. The van der Waals surface area contributed by atoms with Crippen LogP contribution in [0.15, 0.2) is 193 Å². The number of benzene rings is 8. The molecule has 0 unspecified atom stereocenters. The van der Waals surface area contributed by atoms with Crippen LogP contribution in [-0.2, 0) is 10.1 Å². The average molecular weight is 707 g/mol. The Morgan fingerprint density at radius 2 is 1.13 bits per heavy atom. The van der Waals surface area contributed by atoms with E-state index in [1.165, 1.54) is 5.39 Å². The van der Waals surface area contributed by atoms with Crippen LogP contribution in [0.1, 0.15) is 5.56 Å². The summed E-state index contributed by atoms with van der Waals surface area (Å²) in [6.07, 6.45) is 0. The van der Waals surface area contributed by atoms with Gasteiger partial charge in [-0.2, -0.15) is 8.42 Å². The first-order valence-corrected chi connectivity index (χ1v) is 18.9. The number of hydrogen-bond donors (Lipinski definition) is 0. The minimum absolute atomic E-state index is 0.0991. The van der Waals surface area contributed by atoms with Crippen LogP contribution < -0.4 is 9.08 Å². The molecule has 0 aliphatic carbocycles. The summed E-state index contributed by atoms with van der Waals surface area (Å²) >= 11 is 0. The van der Waals surface area contributed by atoms with E-state index in [-0.39, 0.29) is 10.6 Å². The summed E-state index contributed by atoms with van der Waals surface area (Å²) in [5, 5.41) is 4.38. The summed E-state index contributed by atoms with van der Waals surface area (Å²) < 4.78 is 36.0. The first-order chi connectivity index (χ1) is 25.9. The van der Waals surface area contributed by atoms with Gasteiger partial charge in [-0.3, -0.25) is 0 Å². The third kappa shape index (κ3) is 5.99. The van der Waals surface area contributed by atoms with E-state index >= 15 is 0 Å². The van der Waals surface area contributed by atoms with Gasteiger partial charge in [0.1, 0.15) is 4.90 Å². The molecule has 0 N–H and O–H groups in total. The van der Waals surface area contributed by atoms with E-state index < -0.39 is 10.1 Å². The van der Waals surface area contributed by atoms with Gasteiger partial charge in [0.15, 0.2) is 5.75 Å². The molecule has 0 atom stereocenters. The fourth-order valence-electron chi connectivity index (χ4n) is 7.15. The van der Waals surface area contributed by atoms with Crippen LogP contribution in [-0.4, -0.2) is 13.0 Å². The van der Waals surface area contributed by atoms with E-state index in [2.05, 4.69) is 107 Å². The van der Waals surface area contributed by atoms with Crippen molar-refractivity contribution in [2.24, 2.45) is 0 Å². The van der Waals surface area contributed by atoms with Crippen LogP contribution in [0.25, 0.3) is 49.4 Å². The van der Waals surface area contributed by atoms with Gasteiger partial charge < -0.3 is 13.7 Å². The smallest absolute Gasteiger partial charge is 0.339 e. The van der Waals surface area contributed by atoms with Gasteiger partial charge in [0.25, 0.3) is 0 Å². The first-order valence-electron chi connectivity index (χ1n) is 17.5. The molecule has 53 heavy (non-hydrogen) atoms. The molecule has 1 heterocycles. The summed E-state index contributed by atoms with van der Waals surface area (Å²) in [6, 6.07) is 62.4. The number of fused-ring (bicyclic) bond motifs is 4. The fraction of sp³-hybridized carbons (Fsp3) is 0.0213. The third-order valence-electron chi connectivity index (χ3n) is 9.74. The Hall–Kier alpha value is -6.63. The van der Waals surface area contributed by atoms with Gasteiger partial charge in [0, 0.05) is 45.2 Å². The number of hydrogen-bond acceptors (Lipinski definition) is 4. The van der Waals surface area contributed by atoms with Crippen LogP contribution in [0.4, 0.5) is 17.1 Å². The largest absolute Gasteiger partial charge is 0.378 e. The zero-order valence-corrected chi connectivity index (χ0v) is 29.7. The number of aryl methyl sites for hydroxylation is 1. The van der Waals surface area contributed by atoms with Crippen molar-refractivity contribution in [2.45, 2.75) is 11.8 Å². The van der Waals surface area contributed by atoms with Crippen LogP contribution in [0.3, 0.4) is 0 Å². The molecule has 0 radical (unpaired) electrons. The van der Waals surface area contributed by atoms with E-state index in [4.69, 9.17) is 4.18 Å². The van der Waals surface area contributed by atoms with E-state index in [9.17, 15) is 8.42 Å². The van der Waals surface area contributed by atoms with E-state index in [1.54, 1.807) is 24.3 Å². The number of anilines is 3. The molecule has 0 amide bonds. The highest BCUT2D eigenvalue weighted by Gasteiger charge is 2.23. The van der Waals surface area contributed by atoms with Crippen molar-refractivity contribution in [3.8, 4) is 22.6 Å². The molecular formula is C47H34N2O3S. The van der Waals surface area contributed by atoms with Gasteiger partial charge in [-0.15, -0.1) is 0 Å². The number of para-hydroxylation sites is 3. The van der Waals surface area contributed by atoms with E-state index in [0.717, 1.165) is 61.1 Å². The van der Waals surface area contributed by atoms with Crippen molar-refractivity contribution in [3.63, 3.8) is 0 Å². The molecule has 0 saturated carbocycles. The van der Waals surface area contributed by atoms with Crippen molar-refractivity contribution in [2.75, 3.05) is 4.90 Å². The SMILES string of the molecule is Cc1ccc(S(=O)(=O)Oc2cc3c(cc2-c2ccc(N(c4ccccc4)c4ccc5ccccc5c4)cc2)c2ccccc2n3-c2ccccc2)cc1. The highest BCUT2D eigenvalue weighted by atomic mass is 32.2. The van der Waals surface area contributed by atoms with Gasteiger partial charge in [0.2, 0.25) is 0 Å². The zero-order valence-electron chi connectivity index (χ0n) is 28.9. The Bertz CT molecular complexity index is 2870. The number of rotatable bonds is 8. The van der Waals surface area contributed by atoms with Crippen LogP contribution in [0.2, 0.25) is 0 Å². The summed E-state index contributed by atoms with van der Waals surface area (Å²) in [5.41, 5.74) is 8.32. The average Bonchev–Trinajstić information content (AvgIpc) is 3.52. The Labute approximate surface area is 308 Å². The molecule has 5 nitrogen and oxygen atoms in total. The van der Waals surface area contributed by atoms with E-state index in [1.807, 2.05) is 73.7 Å². The standard InChI is InChI=1S/C47H34N2O3S/c1-33-20-28-41(29-21-33)53(50,51)52-47-32-46-44(42-18-10-11-19-45(42)49(46)38-16-6-3-7-17-38)31-43(47)35-23-25-39(26-24-35)48(37-14-4-2-5-15-37)40-27-22-34-12-8-9-13-36(34)30-40/h2-32H,1H3.